The van der Waals surface area contributed by atoms with Gasteiger partial charge >= 0.3 is 0 Å². The quantitative estimate of drug-likeness (QED) is 0.702. The van der Waals surface area contributed by atoms with Crippen LogP contribution in [0.2, 0.25) is 0 Å². The number of likely N-dealkylation sites (N-methyl/N-ethyl adjacent to an activating group) is 1. The second-order valence-electron chi connectivity index (χ2n) is 6.54. The topological polar surface area (TPSA) is 61.5 Å². The molecule has 1 N–H and O–H groups in total. The second kappa shape index (κ2) is 9.20. The summed E-state index contributed by atoms with van der Waals surface area (Å²) in [7, 11) is 5.63. The van der Waals surface area contributed by atoms with Gasteiger partial charge in [0.15, 0.2) is 0 Å². The molecular formula is C20H28N4O2. The molecule has 0 bridgehead atoms. The van der Waals surface area contributed by atoms with Crippen LogP contribution >= 0.6 is 0 Å². The zero-order chi connectivity index (χ0) is 19.1. The molecule has 1 heterocycles. The van der Waals surface area contributed by atoms with E-state index in [0.29, 0.717) is 25.1 Å². The van der Waals surface area contributed by atoms with E-state index in [1.54, 1.807) is 13.3 Å². The van der Waals surface area contributed by atoms with Gasteiger partial charge in [-0.3, -0.25) is 4.79 Å². The number of aromatic nitrogens is 2. The second-order valence-corrected chi connectivity index (χ2v) is 6.54. The van der Waals surface area contributed by atoms with Crippen molar-refractivity contribution >= 4 is 5.91 Å². The van der Waals surface area contributed by atoms with E-state index in [2.05, 4.69) is 21.4 Å². The fraction of sp³-hybridized carbons (Fsp3) is 0.400. The van der Waals surface area contributed by atoms with Crippen molar-refractivity contribution in [1.82, 2.24) is 19.8 Å². The van der Waals surface area contributed by atoms with E-state index >= 15 is 0 Å². The first-order valence-electron chi connectivity index (χ1n) is 8.67. The van der Waals surface area contributed by atoms with Crippen molar-refractivity contribution in [1.29, 1.82) is 0 Å². The van der Waals surface area contributed by atoms with E-state index in [-0.39, 0.29) is 5.91 Å². The van der Waals surface area contributed by atoms with Crippen molar-refractivity contribution in [2.75, 3.05) is 34.3 Å². The number of H-pyrrole nitrogens is 1. The van der Waals surface area contributed by atoms with Crippen molar-refractivity contribution in [2.45, 2.75) is 19.9 Å². The van der Waals surface area contributed by atoms with Crippen molar-refractivity contribution in [2.24, 2.45) is 0 Å². The van der Waals surface area contributed by atoms with E-state index in [0.717, 1.165) is 29.4 Å². The number of nitrogens with zero attached hydrogens (tertiary/aromatic N) is 3. The van der Waals surface area contributed by atoms with Gasteiger partial charge in [0.2, 0.25) is 0 Å². The van der Waals surface area contributed by atoms with Gasteiger partial charge in [-0.1, -0.05) is 6.08 Å². The first-order chi connectivity index (χ1) is 12.4. The summed E-state index contributed by atoms with van der Waals surface area (Å²) in [5.41, 5.74) is 2.53. The lowest BCUT2D eigenvalue weighted by molar-refractivity contribution is 0.0730. The van der Waals surface area contributed by atoms with Gasteiger partial charge in [-0.05, 0) is 51.2 Å². The van der Waals surface area contributed by atoms with Crippen LogP contribution in [0, 0.1) is 6.92 Å². The largest absolute Gasteiger partial charge is 0.496 e. The zero-order valence-electron chi connectivity index (χ0n) is 16.1. The standard InChI is InChI=1S/C20H28N4O2/c1-6-7-16-12-17(8-9-19(16)26-5)20(25)24(11-10-23(3)4)14-18-13-21-15(2)22-18/h6,8-9,12-13H,1,7,10-11,14H2,2-5H3,(H,21,22). The molecule has 140 valence electrons. The summed E-state index contributed by atoms with van der Waals surface area (Å²) in [6, 6.07) is 5.55. The lowest BCUT2D eigenvalue weighted by Gasteiger charge is -2.24. The molecule has 0 unspecified atom stereocenters. The Morgan fingerprint density at radius 3 is 2.69 bits per heavy atom. The van der Waals surface area contributed by atoms with Gasteiger partial charge in [0.1, 0.15) is 11.6 Å². The smallest absolute Gasteiger partial charge is 0.254 e. The number of aromatic amines is 1. The van der Waals surface area contributed by atoms with Crippen LogP contribution in [0.3, 0.4) is 0 Å². The molecule has 0 saturated carbocycles. The first-order valence-corrected chi connectivity index (χ1v) is 8.67. The van der Waals surface area contributed by atoms with Crippen molar-refractivity contribution < 1.29 is 9.53 Å². The number of hydrogen-bond acceptors (Lipinski definition) is 4. The number of carbonyl (C=O) groups is 1. The summed E-state index contributed by atoms with van der Waals surface area (Å²) < 4.78 is 5.38. The van der Waals surface area contributed by atoms with Crippen LogP contribution in [-0.4, -0.2) is 60.0 Å². The Kier molecular flexibility index (Phi) is 6.97. The fourth-order valence-electron chi connectivity index (χ4n) is 2.74. The molecule has 0 spiro atoms. The van der Waals surface area contributed by atoms with Crippen LogP contribution in [-0.2, 0) is 13.0 Å². The third kappa shape index (κ3) is 5.20. The third-order valence-electron chi connectivity index (χ3n) is 4.11. The zero-order valence-corrected chi connectivity index (χ0v) is 16.1. The third-order valence-corrected chi connectivity index (χ3v) is 4.11. The minimum Gasteiger partial charge on any atom is -0.496 e. The van der Waals surface area contributed by atoms with Crippen molar-refractivity contribution in [3.05, 3.63) is 59.7 Å². The summed E-state index contributed by atoms with van der Waals surface area (Å²) in [4.78, 5) is 24.5. The highest BCUT2D eigenvalue weighted by atomic mass is 16.5. The van der Waals surface area contributed by atoms with Gasteiger partial charge in [0.25, 0.3) is 5.91 Å². The van der Waals surface area contributed by atoms with E-state index < -0.39 is 0 Å². The van der Waals surface area contributed by atoms with Crippen LogP contribution in [0.25, 0.3) is 0 Å². The molecule has 2 aromatic rings. The molecule has 0 aliphatic rings. The molecule has 6 nitrogen and oxygen atoms in total. The number of aryl methyl sites for hydroxylation is 1. The Labute approximate surface area is 155 Å². The average molecular weight is 356 g/mol. The summed E-state index contributed by atoms with van der Waals surface area (Å²) in [6.07, 6.45) is 4.24. The lowest BCUT2D eigenvalue weighted by Crippen LogP contribution is -2.36. The van der Waals surface area contributed by atoms with Gasteiger partial charge in [-0.2, -0.15) is 0 Å². The van der Waals surface area contributed by atoms with Crippen molar-refractivity contribution in [3.63, 3.8) is 0 Å². The maximum absolute atomic E-state index is 13.1. The van der Waals surface area contributed by atoms with Gasteiger partial charge in [0.05, 0.1) is 25.5 Å². The van der Waals surface area contributed by atoms with Gasteiger partial charge in [0, 0.05) is 18.7 Å². The highest BCUT2D eigenvalue weighted by Crippen LogP contribution is 2.22. The predicted octanol–water partition coefficient (Wildman–Crippen LogP) is 2.66. The molecule has 1 aromatic carbocycles. The fourth-order valence-corrected chi connectivity index (χ4v) is 2.74. The molecule has 6 heteroatoms. The maximum Gasteiger partial charge on any atom is 0.254 e. The Hall–Kier alpha value is -2.60. The highest BCUT2D eigenvalue weighted by molar-refractivity contribution is 5.94. The molecule has 0 fully saturated rings. The van der Waals surface area contributed by atoms with E-state index in [1.807, 2.05) is 50.2 Å². The van der Waals surface area contributed by atoms with E-state index in [9.17, 15) is 4.79 Å². The minimum absolute atomic E-state index is 0.00734. The lowest BCUT2D eigenvalue weighted by atomic mass is 10.1. The number of methoxy groups -OCH3 is 1. The molecule has 0 aliphatic heterocycles. The first kappa shape index (κ1) is 19.7. The minimum atomic E-state index is -0.00734. The van der Waals surface area contributed by atoms with Crippen LogP contribution in [0.15, 0.2) is 37.1 Å². The van der Waals surface area contributed by atoms with Crippen molar-refractivity contribution in [3.8, 4) is 5.75 Å². The predicted molar refractivity (Wildman–Crippen MR) is 104 cm³/mol. The molecule has 0 saturated heterocycles. The Morgan fingerprint density at radius 2 is 2.12 bits per heavy atom. The van der Waals surface area contributed by atoms with Crippen LogP contribution < -0.4 is 4.74 Å². The molecule has 1 aromatic heterocycles. The number of benzene rings is 1. The summed E-state index contributed by atoms with van der Waals surface area (Å²) >= 11 is 0. The average Bonchev–Trinajstić information content (AvgIpc) is 3.03. The number of amides is 1. The van der Waals surface area contributed by atoms with Crippen LogP contribution in [0.4, 0.5) is 0 Å². The highest BCUT2D eigenvalue weighted by Gasteiger charge is 2.18. The normalized spacial score (nSPS) is 10.8. The number of nitrogens with one attached hydrogen (secondary N) is 1. The Morgan fingerprint density at radius 1 is 1.35 bits per heavy atom. The van der Waals surface area contributed by atoms with Crippen LogP contribution in [0.1, 0.15) is 27.4 Å². The van der Waals surface area contributed by atoms with Gasteiger partial charge < -0.3 is 19.5 Å². The monoisotopic (exact) mass is 356 g/mol. The SMILES string of the molecule is C=CCc1cc(C(=O)N(CCN(C)C)Cc2cnc(C)[nH]2)ccc1OC. The summed E-state index contributed by atoms with van der Waals surface area (Å²) in [6.45, 7) is 7.60. The molecule has 2 rings (SSSR count). The molecule has 0 radical (unpaired) electrons. The van der Waals surface area contributed by atoms with Gasteiger partial charge in [-0.15, -0.1) is 6.58 Å². The maximum atomic E-state index is 13.1. The molecular weight excluding hydrogens is 328 g/mol. The summed E-state index contributed by atoms with van der Waals surface area (Å²) in [5, 5.41) is 0. The number of allylic oxidation sites excluding steroid dienone is 1. The molecule has 1 amide bonds. The molecule has 26 heavy (non-hydrogen) atoms. The number of hydrogen-bond donors (Lipinski definition) is 1. The molecule has 0 aliphatic carbocycles. The molecule has 0 atom stereocenters. The number of rotatable bonds is 9. The number of ether oxygens (including phenoxy) is 1. The van der Waals surface area contributed by atoms with E-state index in [1.165, 1.54) is 0 Å². The Bertz CT molecular complexity index is 752. The van der Waals surface area contributed by atoms with Gasteiger partial charge in [-0.25, -0.2) is 4.98 Å². The Balaban J connectivity index is 2.26. The van der Waals surface area contributed by atoms with E-state index in [4.69, 9.17) is 4.74 Å². The number of carbonyl (C=O) groups excluding carboxylic acids is 1. The van der Waals surface area contributed by atoms with Crippen LogP contribution in [0.5, 0.6) is 5.75 Å². The summed E-state index contributed by atoms with van der Waals surface area (Å²) in [5.74, 6) is 1.61. The number of imidazole rings is 1.